The summed E-state index contributed by atoms with van der Waals surface area (Å²) >= 11 is 11.9. The summed E-state index contributed by atoms with van der Waals surface area (Å²) in [7, 11) is 0. The Labute approximate surface area is 139 Å². The molecule has 2 rings (SSSR count). The first-order valence-electron chi connectivity index (χ1n) is 7.31. The SMILES string of the molecule is O=C(NCC(O)COc1cccc(Cl)c1Cl)C1CCNCC1. The average Bonchev–Trinajstić information content (AvgIpc) is 2.54. The van der Waals surface area contributed by atoms with Gasteiger partial charge in [-0.15, -0.1) is 0 Å². The summed E-state index contributed by atoms with van der Waals surface area (Å²) in [6.07, 6.45) is 0.855. The summed E-state index contributed by atoms with van der Waals surface area (Å²) < 4.78 is 5.43. The maximum absolute atomic E-state index is 11.9. The second-order valence-electron chi connectivity index (χ2n) is 5.29. The predicted octanol–water partition coefficient (Wildman–Crippen LogP) is 1.85. The van der Waals surface area contributed by atoms with Crippen molar-refractivity contribution in [1.29, 1.82) is 0 Å². The molecule has 1 aromatic carbocycles. The van der Waals surface area contributed by atoms with Crippen molar-refractivity contribution in [2.75, 3.05) is 26.2 Å². The lowest BCUT2D eigenvalue weighted by Crippen LogP contribution is -2.42. The highest BCUT2D eigenvalue weighted by Crippen LogP contribution is 2.31. The molecular formula is C15H20Cl2N2O3. The number of aliphatic hydroxyl groups excluding tert-OH is 1. The number of hydrogen-bond donors (Lipinski definition) is 3. The monoisotopic (exact) mass is 346 g/mol. The normalized spacial score (nSPS) is 17.0. The molecule has 1 aromatic rings. The molecule has 0 aliphatic carbocycles. The van der Waals surface area contributed by atoms with Gasteiger partial charge < -0.3 is 20.5 Å². The van der Waals surface area contributed by atoms with Crippen LogP contribution in [0.5, 0.6) is 5.75 Å². The smallest absolute Gasteiger partial charge is 0.223 e. The van der Waals surface area contributed by atoms with Crippen LogP contribution in [0.1, 0.15) is 12.8 Å². The minimum atomic E-state index is -0.805. The Morgan fingerprint density at radius 2 is 2.14 bits per heavy atom. The lowest BCUT2D eigenvalue weighted by Gasteiger charge is -2.22. The Morgan fingerprint density at radius 3 is 2.86 bits per heavy atom. The zero-order valence-electron chi connectivity index (χ0n) is 12.1. The molecule has 1 aliphatic heterocycles. The molecule has 0 aromatic heterocycles. The molecule has 0 radical (unpaired) electrons. The lowest BCUT2D eigenvalue weighted by atomic mass is 9.97. The van der Waals surface area contributed by atoms with Crippen molar-refractivity contribution in [1.82, 2.24) is 10.6 Å². The van der Waals surface area contributed by atoms with E-state index in [4.69, 9.17) is 27.9 Å². The van der Waals surface area contributed by atoms with E-state index in [0.29, 0.717) is 15.8 Å². The van der Waals surface area contributed by atoms with Gasteiger partial charge in [-0.3, -0.25) is 4.79 Å². The van der Waals surface area contributed by atoms with Crippen LogP contribution >= 0.6 is 23.2 Å². The molecule has 7 heteroatoms. The Balaban J connectivity index is 1.72. The van der Waals surface area contributed by atoms with Gasteiger partial charge in [0, 0.05) is 12.5 Å². The number of halogens is 2. The molecule has 1 atom stereocenters. The second-order valence-corrected chi connectivity index (χ2v) is 6.07. The maximum atomic E-state index is 11.9. The highest BCUT2D eigenvalue weighted by Gasteiger charge is 2.21. The van der Waals surface area contributed by atoms with Gasteiger partial charge in [0.05, 0.1) is 5.02 Å². The molecule has 1 heterocycles. The average molecular weight is 347 g/mol. The van der Waals surface area contributed by atoms with E-state index < -0.39 is 6.10 Å². The minimum absolute atomic E-state index is 0.0127. The van der Waals surface area contributed by atoms with E-state index in [1.807, 2.05) is 0 Å². The van der Waals surface area contributed by atoms with Gasteiger partial charge in [-0.05, 0) is 38.1 Å². The van der Waals surface area contributed by atoms with Crippen molar-refractivity contribution in [2.45, 2.75) is 18.9 Å². The topological polar surface area (TPSA) is 70.6 Å². The third-order valence-electron chi connectivity index (χ3n) is 3.57. The second kappa shape index (κ2) is 8.58. The zero-order chi connectivity index (χ0) is 15.9. The van der Waals surface area contributed by atoms with E-state index in [-0.39, 0.29) is 25.0 Å². The number of amides is 1. The minimum Gasteiger partial charge on any atom is -0.489 e. The Hall–Kier alpha value is -1.01. The maximum Gasteiger partial charge on any atom is 0.223 e. The number of rotatable bonds is 6. The molecule has 0 bridgehead atoms. The third-order valence-corrected chi connectivity index (χ3v) is 4.37. The van der Waals surface area contributed by atoms with Gasteiger partial charge >= 0.3 is 0 Å². The molecule has 3 N–H and O–H groups in total. The standard InChI is InChI=1S/C15H20Cl2N2O3/c16-12-2-1-3-13(14(12)17)22-9-11(20)8-19-15(21)10-4-6-18-7-5-10/h1-3,10-11,18,20H,4-9H2,(H,19,21). The van der Waals surface area contributed by atoms with Crippen LogP contribution in [0.2, 0.25) is 10.0 Å². The summed E-state index contributed by atoms with van der Waals surface area (Å²) in [6, 6.07) is 5.05. The summed E-state index contributed by atoms with van der Waals surface area (Å²) in [5.74, 6) is 0.427. The van der Waals surface area contributed by atoms with Gasteiger partial charge in [0.1, 0.15) is 23.5 Å². The molecular weight excluding hydrogens is 327 g/mol. The van der Waals surface area contributed by atoms with Gasteiger partial charge in [-0.2, -0.15) is 0 Å². The van der Waals surface area contributed by atoms with Crippen molar-refractivity contribution in [3.8, 4) is 5.75 Å². The van der Waals surface area contributed by atoms with Crippen molar-refractivity contribution >= 4 is 29.1 Å². The molecule has 5 nitrogen and oxygen atoms in total. The van der Waals surface area contributed by atoms with Crippen LogP contribution in [-0.4, -0.2) is 43.4 Å². The van der Waals surface area contributed by atoms with Gasteiger partial charge in [0.2, 0.25) is 5.91 Å². The number of ether oxygens (including phenoxy) is 1. The van der Waals surface area contributed by atoms with Crippen molar-refractivity contribution in [3.63, 3.8) is 0 Å². The van der Waals surface area contributed by atoms with Gasteiger partial charge in [-0.25, -0.2) is 0 Å². The number of carbonyl (C=O) groups excluding carboxylic acids is 1. The van der Waals surface area contributed by atoms with Crippen LogP contribution in [-0.2, 0) is 4.79 Å². The van der Waals surface area contributed by atoms with Crippen LogP contribution in [0.4, 0.5) is 0 Å². The molecule has 122 valence electrons. The largest absolute Gasteiger partial charge is 0.489 e. The highest BCUT2D eigenvalue weighted by molar-refractivity contribution is 6.42. The first-order valence-corrected chi connectivity index (χ1v) is 8.07. The third kappa shape index (κ3) is 5.02. The molecule has 22 heavy (non-hydrogen) atoms. The summed E-state index contributed by atoms with van der Waals surface area (Å²) in [5, 5.41) is 16.6. The first kappa shape index (κ1) is 17.3. The Bertz CT molecular complexity index is 508. The van der Waals surface area contributed by atoms with Crippen LogP contribution < -0.4 is 15.4 Å². The Morgan fingerprint density at radius 1 is 1.41 bits per heavy atom. The molecule has 0 spiro atoms. The molecule has 1 fully saturated rings. The molecule has 1 amide bonds. The fraction of sp³-hybridized carbons (Fsp3) is 0.533. The summed E-state index contributed by atoms with van der Waals surface area (Å²) in [4.78, 5) is 11.9. The van der Waals surface area contributed by atoms with Gasteiger partial charge in [0.25, 0.3) is 0 Å². The van der Waals surface area contributed by atoms with E-state index in [2.05, 4.69) is 10.6 Å². The fourth-order valence-electron chi connectivity index (χ4n) is 2.29. The molecule has 1 aliphatic rings. The van der Waals surface area contributed by atoms with Crippen molar-refractivity contribution < 1.29 is 14.6 Å². The number of piperidine rings is 1. The number of hydrogen-bond acceptors (Lipinski definition) is 4. The van der Waals surface area contributed by atoms with Gasteiger partial charge in [-0.1, -0.05) is 29.3 Å². The first-order chi connectivity index (χ1) is 10.6. The number of nitrogens with one attached hydrogen (secondary N) is 2. The van der Waals surface area contributed by atoms with E-state index in [1.54, 1.807) is 18.2 Å². The number of benzene rings is 1. The predicted molar refractivity (Wildman–Crippen MR) is 86.6 cm³/mol. The number of carbonyl (C=O) groups is 1. The molecule has 1 unspecified atom stereocenters. The van der Waals surface area contributed by atoms with Crippen LogP contribution in [0.25, 0.3) is 0 Å². The Kier molecular flexibility index (Phi) is 6.76. The van der Waals surface area contributed by atoms with E-state index in [0.717, 1.165) is 25.9 Å². The fourth-order valence-corrected chi connectivity index (χ4v) is 2.63. The lowest BCUT2D eigenvalue weighted by molar-refractivity contribution is -0.126. The number of aliphatic hydroxyl groups is 1. The van der Waals surface area contributed by atoms with Crippen LogP contribution in [0.15, 0.2) is 18.2 Å². The van der Waals surface area contributed by atoms with E-state index in [1.165, 1.54) is 0 Å². The van der Waals surface area contributed by atoms with Crippen molar-refractivity contribution in [3.05, 3.63) is 28.2 Å². The molecule has 0 saturated carbocycles. The van der Waals surface area contributed by atoms with Crippen molar-refractivity contribution in [2.24, 2.45) is 5.92 Å². The highest BCUT2D eigenvalue weighted by atomic mass is 35.5. The van der Waals surface area contributed by atoms with E-state index in [9.17, 15) is 9.90 Å². The molecule has 1 saturated heterocycles. The zero-order valence-corrected chi connectivity index (χ0v) is 13.7. The summed E-state index contributed by atoms with van der Waals surface area (Å²) in [6.45, 7) is 1.90. The van der Waals surface area contributed by atoms with Gasteiger partial charge in [0.15, 0.2) is 0 Å². The van der Waals surface area contributed by atoms with E-state index >= 15 is 0 Å². The summed E-state index contributed by atoms with van der Waals surface area (Å²) in [5.41, 5.74) is 0. The van der Waals surface area contributed by atoms with Crippen LogP contribution in [0, 0.1) is 5.92 Å². The van der Waals surface area contributed by atoms with Crippen LogP contribution in [0.3, 0.4) is 0 Å². The quantitative estimate of drug-likeness (QED) is 0.735.